The number of rotatable bonds is 5. The number of methoxy groups -OCH3 is 1. The first-order valence-corrected chi connectivity index (χ1v) is 8.16. The molecule has 2 fully saturated rings. The lowest BCUT2D eigenvalue weighted by Gasteiger charge is -2.20. The highest BCUT2D eigenvalue weighted by Gasteiger charge is 2.35. The van der Waals surface area contributed by atoms with E-state index in [-0.39, 0.29) is 17.9 Å². The third-order valence-corrected chi connectivity index (χ3v) is 4.51. The number of amides is 2. The van der Waals surface area contributed by atoms with Crippen molar-refractivity contribution in [2.45, 2.75) is 37.8 Å². The van der Waals surface area contributed by atoms with Crippen molar-refractivity contribution in [3.8, 4) is 5.75 Å². The van der Waals surface area contributed by atoms with E-state index in [4.69, 9.17) is 4.74 Å². The first kappa shape index (κ1) is 15.8. The zero-order chi connectivity index (χ0) is 16.2. The highest BCUT2D eigenvalue weighted by atomic mass is 16.5. The standard InChI is InChI=1S/C17H23N3O3/c1-23-15-7-3-2-6-14(15)20-10-8-13(17(20)22)19-16(21)11-12-5-4-9-18-12/h2-3,6-7,12-13,18H,4-5,8-11H2,1H3,(H,19,21). The molecule has 2 aliphatic rings. The number of hydrogen-bond donors (Lipinski definition) is 2. The summed E-state index contributed by atoms with van der Waals surface area (Å²) in [5.41, 5.74) is 0.759. The number of para-hydroxylation sites is 2. The third kappa shape index (κ3) is 3.47. The highest BCUT2D eigenvalue weighted by molar-refractivity contribution is 6.02. The molecular weight excluding hydrogens is 294 g/mol. The summed E-state index contributed by atoms with van der Waals surface area (Å²) in [7, 11) is 1.59. The van der Waals surface area contributed by atoms with Crippen LogP contribution in [0.4, 0.5) is 5.69 Å². The third-order valence-electron chi connectivity index (χ3n) is 4.51. The number of ether oxygens (including phenoxy) is 1. The molecule has 124 valence electrons. The van der Waals surface area contributed by atoms with Gasteiger partial charge in [-0.05, 0) is 37.9 Å². The second-order valence-corrected chi connectivity index (χ2v) is 6.07. The zero-order valence-electron chi connectivity index (χ0n) is 13.4. The van der Waals surface area contributed by atoms with E-state index in [9.17, 15) is 9.59 Å². The number of anilines is 1. The Labute approximate surface area is 136 Å². The fourth-order valence-corrected chi connectivity index (χ4v) is 3.31. The molecule has 2 unspecified atom stereocenters. The summed E-state index contributed by atoms with van der Waals surface area (Å²) in [5.74, 6) is 0.551. The fraction of sp³-hybridized carbons (Fsp3) is 0.529. The van der Waals surface area contributed by atoms with Crippen molar-refractivity contribution in [1.29, 1.82) is 0 Å². The maximum atomic E-state index is 12.6. The average Bonchev–Trinajstić information content (AvgIpc) is 3.18. The van der Waals surface area contributed by atoms with Gasteiger partial charge in [0.25, 0.3) is 0 Å². The topological polar surface area (TPSA) is 70.7 Å². The first-order valence-electron chi connectivity index (χ1n) is 8.16. The van der Waals surface area contributed by atoms with E-state index >= 15 is 0 Å². The molecule has 0 aliphatic carbocycles. The average molecular weight is 317 g/mol. The Bertz CT molecular complexity index is 584. The van der Waals surface area contributed by atoms with Gasteiger partial charge in [-0.1, -0.05) is 12.1 Å². The van der Waals surface area contributed by atoms with Crippen LogP contribution in [0.15, 0.2) is 24.3 Å². The van der Waals surface area contributed by atoms with Gasteiger partial charge in [-0.15, -0.1) is 0 Å². The molecule has 1 aromatic carbocycles. The van der Waals surface area contributed by atoms with Crippen molar-refractivity contribution in [3.63, 3.8) is 0 Å². The summed E-state index contributed by atoms with van der Waals surface area (Å²) >= 11 is 0. The van der Waals surface area contributed by atoms with Gasteiger partial charge in [-0.2, -0.15) is 0 Å². The quantitative estimate of drug-likeness (QED) is 0.852. The molecular formula is C17H23N3O3. The lowest BCUT2D eigenvalue weighted by molar-refractivity contribution is -0.126. The molecule has 2 heterocycles. The van der Waals surface area contributed by atoms with Crippen molar-refractivity contribution in [2.24, 2.45) is 0 Å². The van der Waals surface area contributed by atoms with Crippen molar-refractivity contribution in [1.82, 2.24) is 10.6 Å². The van der Waals surface area contributed by atoms with Gasteiger partial charge in [0.15, 0.2) is 0 Å². The fourth-order valence-electron chi connectivity index (χ4n) is 3.31. The van der Waals surface area contributed by atoms with Crippen molar-refractivity contribution < 1.29 is 14.3 Å². The maximum Gasteiger partial charge on any atom is 0.249 e. The van der Waals surface area contributed by atoms with Gasteiger partial charge < -0.3 is 20.3 Å². The van der Waals surface area contributed by atoms with E-state index in [1.165, 1.54) is 0 Å². The van der Waals surface area contributed by atoms with E-state index in [0.29, 0.717) is 25.1 Å². The number of nitrogens with zero attached hydrogens (tertiary/aromatic N) is 1. The Morgan fingerprint density at radius 2 is 2.22 bits per heavy atom. The Morgan fingerprint density at radius 1 is 1.39 bits per heavy atom. The second kappa shape index (κ2) is 7.00. The van der Waals surface area contributed by atoms with Gasteiger partial charge in [0.2, 0.25) is 11.8 Å². The summed E-state index contributed by atoms with van der Waals surface area (Å²) in [6.07, 6.45) is 3.21. The van der Waals surface area contributed by atoms with Gasteiger partial charge in [0.1, 0.15) is 11.8 Å². The molecule has 2 amide bonds. The van der Waals surface area contributed by atoms with Crippen LogP contribution in [0.1, 0.15) is 25.7 Å². The van der Waals surface area contributed by atoms with Crippen molar-refractivity contribution in [2.75, 3.05) is 25.1 Å². The van der Waals surface area contributed by atoms with Crippen LogP contribution in [-0.4, -0.2) is 44.1 Å². The summed E-state index contributed by atoms with van der Waals surface area (Å²) < 4.78 is 5.32. The molecule has 2 N–H and O–H groups in total. The predicted molar refractivity (Wildman–Crippen MR) is 87.5 cm³/mol. The van der Waals surface area contributed by atoms with Crippen LogP contribution in [0.5, 0.6) is 5.75 Å². The lowest BCUT2D eigenvalue weighted by Crippen LogP contribution is -2.43. The highest BCUT2D eigenvalue weighted by Crippen LogP contribution is 2.31. The number of benzene rings is 1. The van der Waals surface area contributed by atoms with Crippen LogP contribution in [0.2, 0.25) is 0 Å². The van der Waals surface area contributed by atoms with E-state index < -0.39 is 6.04 Å². The second-order valence-electron chi connectivity index (χ2n) is 6.07. The molecule has 2 atom stereocenters. The van der Waals surface area contributed by atoms with Crippen LogP contribution >= 0.6 is 0 Å². The van der Waals surface area contributed by atoms with Gasteiger partial charge in [-0.3, -0.25) is 9.59 Å². The van der Waals surface area contributed by atoms with Crippen LogP contribution in [-0.2, 0) is 9.59 Å². The minimum absolute atomic E-state index is 0.0513. The van der Waals surface area contributed by atoms with E-state index in [1.807, 2.05) is 24.3 Å². The van der Waals surface area contributed by atoms with Crippen LogP contribution in [0.25, 0.3) is 0 Å². The minimum Gasteiger partial charge on any atom is -0.495 e. The maximum absolute atomic E-state index is 12.6. The number of carbonyl (C=O) groups is 2. The lowest BCUT2D eigenvalue weighted by atomic mass is 10.1. The Hall–Kier alpha value is -2.08. The normalized spacial score (nSPS) is 24.0. The number of nitrogens with one attached hydrogen (secondary N) is 2. The zero-order valence-corrected chi connectivity index (χ0v) is 13.4. The van der Waals surface area contributed by atoms with Crippen LogP contribution in [0, 0.1) is 0 Å². The van der Waals surface area contributed by atoms with Gasteiger partial charge in [0, 0.05) is 19.0 Å². The summed E-state index contributed by atoms with van der Waals surface area (Å²) in [6, 6.07) is 7.26. The predicted octanol–water partition coefficient (Wildman–Crippen LogP) is 1.06. The summed E-state index contributed by atoms with van der Waals surface area (Å²) in [4.78, 5) is 26.4. The Morgan fingerprint density at radius 3 is 2.96 bits per heavy atom. The first-order chi connectivity index (χ1) is 11.2. The molecule has 23 heavy (non-hydrogen) atoms. The van der Waals surface area contributed by atoms with Gasteiger partial charge >= 0.3 is 0 Å². The molecule has 3 rings (SSSR count). The minimum atomic E-state index is -0.436. The number of carbonyl (C=O) groups excluding carboxylic acids is 2. The molecule has 0 saturated carbocycles. The molecule has 0 bridgehead atoms. The van der Waals surface area contributed by atoms with E-state index in [0.717, 1.165) is 25.1 Å². The monoisotopic (exact) mass is 317 g/mol. The molecule has 0 spiro atoms. The van der Waals surface area contributed by atoms with Crippen LogP contribution < -0.4 is 20.3 Å². The number of hydrogen-bond acceptors (Lipinski definition) is 4. The SMILES string of the molecule is COc1ccccc1N1CCC(NC(=O)CC2CCCN2)C1=O. The molecule has 0 radical (unpaired) electrons. The smallest absolute Gasteiger partial charge is 0.249 e. The molecule has 1 aromatic rings. The molecule has 2 aliphatic heterocycles. The Balaban J connectivity index is 1.61. The molecule has 0 aromatic heterocycles. The molecule has 6 nitrogen and oxygen atoms in total. The molecule has 2 saturated heterocycles. The largest absolute Gasteiger partial charge is 0.495 e. The van der Waals surface area contributed by atoms with Gasteiger partial charge in [-0.25, -0.2) is 0 Å². The van der Waals surface area contributed by atoms with Crippen LogP contribution in [0.3, 0.4) is 0 Å². The van der Waals surface area contributed by atoms with Crippen molar-refractivity contribution >= 4 is 17.5 Å². The van der Waals surface area contributed by atoms with E-state index in [1.54, 1.807) is 12.0 Å². The Kier molecular flexibility index (Phi) is 4.81. The van der Waals surface area contributed by atoms with Gasteiger partial charge in [0.05, 0.1) is 12.8 Å². The van der Waals surface area contributed by atoms with Crippen molar-refractivity contribution in [3.05, 3.63) is 24.3 Å². The van der Waals surface area contributed by atoms with E-state index in [2.05, 4.69) is 10.6 Å². The summed E-state index contributed by atoms with van der Waals surface area (Å²) in [6.45, 7) is 1.56. The summed E-state index contributed by atoms with van der Waals surface area (Å²) in [5, 5.41) is 6.18. The molecule has 6 heteroatoms.